The van der Waals surface area contributed by atoms with E-state index in [4.69, 9.17) is 4.74 Å². The largest absolute Gasteiger partial charge is 0.452 e. The first-order valence-corrected chi connectivity index (χ1v) is 10.0. The molecule has 0 radical (unpaired) electrons. The summed E-state index contributed by atoms with van der Waals surface area (Å²) >= 11 is 1.42. The fourth-order valence-electron chi connectivity index (χ4n) is 2.54. The number of carbonyl (C=O) groups excluding carboxylic acids is 2. The van der Waals surface area contributed by atoms with Crippen molar-refractivity contribution in [3.8, 4) is 5.69 Å². The first-order valence-electron chi connectivity index (χ1n) is 9.05. The number of ether oxygens (including phenoxy) is 1. The number of esters is 1. The van der Waals surface area contributed by atoms with E-state index in [9.17, 15) is 9.59 Å². The van der Waals surface area contributed by atoms with Crippen molar-refractivity contribution in [1.29, 1.82) is 0 Å². The lowest BCUT2D eigenvalue weighted by Gasteiger charge is -2.11. The molecule has 0 saturated heterocycles. The van der Waals surface area contributed by atoms with Crippen molar-refractivity contribution in [3.05, 3.63) is 66.0 Å². The Morgan fingerprint density at radius 3 is 2.59 bits per heavy atom. The summed E-state index contributed by atoms with van der Waals surface area (Å²) in [5, 5.41) is 14.6. The summed E-state index contributed by atoms with van der Waals surface area (Å²) in [4.78, 5) is 24.9. The molecule has 150 valence electrons. The molecule has 0 atom stereocenters. The van der Waals surface area contributed by atoms with Crippen LogP contribution in [0.1, 0.15) is 30.0 Å². The average Bonchev–Trinajstić information content (AvgIpc) is 3.19. The van der Waals surface area contributed by atoms with E-state index in [1.165, 1.54) is 11.8 Å². The van der Waals surface area contributed by atoms with Gasteiger partial charge in [-0.2, -0.15) is 4.68 Å². The van der Waals surface area contributed by atoms with E-state index in [2.05, 4.69) is 20.8 Å². The van der Waals surface area contributed by atoms with Gasteiger partial charge in [0.15, 0.2) is 12.4 Å². The number of tetrazole rings is 1. The number of aromatic nitrogens is 4. The molecule has 9 heteroatoms. The molecule has 0 spiro atoms. The van der Waals surface area contributed by atoms with Gasteiger partial charge in [0.05, 0.1) is 17.0 Å². The molecule has 1 N–H and O–H groups in total. The van der Waals surface area contributed by atoms with E-state index in [-0.39, 0.29) is 18.6 Å². The van der Waals surface area contributed by atoms with Gasteiger partial charge in [-0.15, -0.1) is 16.9 Å². The molecule has 0 unspecified atom stereocenters. The fourth-order valence-corrected chi connectivity index (χ4v) is 3.49. The second-order valence-electron chi connectivity index (χ2n) is 6.43. The number of nitrogens with zero attached hydrogens (tertiary/aromatic N) is 4. The molecule has 0 aliphatic carbocycles. The summed E-state index contributed by atoms with van der Waals surface area (Å²) in [5.74, 6) is 0.232. The molecule has 0 aliphatic rings. The maximum atomic E-state index is 12.4. The molecule has 2 aromatic carbocycles. The highest BCUT2D eigenvalue weighted by Gasteiger charge is 2.16. The van der Waals surface area contributed by atoms with Crippen molar-refractivity contribution < 1.29 is 14.3 Å². The maximum Gasteiger partial charge on any atom is 0.339 e. The minimum absolute atomic E-state index is 0.0142. The maximum absolute atomic E-state index is 12.4. The van der Waals surface area contributed by atoms with E-state index < -0.39 is 5.97 Å². The van der Waals surface area contributed by atoms with Gasteiger partial charge >= 0.3 is 5.97 Å². The number of para-hydroxylation sites is 1. The monoisotopic (exact) mass is 411 g/mol. The zero-order valence-corrected chi connectivity index (χ0v) is 16.9. The van der Waals surface area contributed by atoms with Crippen LogP contribution in [0, 0.1) is 0 Å². The predicted octanol–water partition coefficient (Wildman–Crippen LogP) is 2.64. The minimum atomic E-state index is -0.547. The van der Waals surface area contributed by atoms with Gasteiger partial charge in [-0.05, 0) is 48.5 Å². The topological polar surface area (TPSA) is 99.0 Å². The molecule has 1 amide bonds. The Hall–Kier alpha value is -3.20. The molecular weight excluding hydrogens is 390 g/mol. The quantitative estimate of drug-likeness (QED) is 0.449. The Morgan fingerprint density at radius 2 is 1.83 bits per heavy atom. The minimum Gasteiger partial charge on any atom is -0.452 e. The van der Waals surface area contributed by atoms with Crippen LogP contribution in [0.3, 0.4) is 0 Å². The van der Waals surface area contributed by atoms with E-state index in [0.29, 0.717) is 17.1 Å². The first kappa shape index (κ1) is 20.5. The molecule has 0 aliphatic heterocycles. The van der Waals surface area contributed by atoms with Crippen molar-refractivity contribution in [2.45, 2.75) is 30.5 Å². The van der Waals surface area contributed by atoms with E-state index in [0.717, 1.165) is 10.6 Å². The van der Waals surface area contributed by atoms with E-state index >= 15 is 0 Å². The van der Waals surface area contributed by atoms with Crippen LogP contribution in [-0.2, 0) is 15.3 Å². The number of thioether (sulfide) groups is 1. The Bertz CT molecular complexity index is 975. The number of rotatable bonds is 8. The molecule has 0 fully saturated rings. The summed E-state index contributed by atoms with van der Waals surface area (Å²) in [5.41, 5.74) is 1.26. The van der Waals surface area contributed by atoms with Crippen molar-refractivity contribution in [1.82, 2.24) is 25.5 Å². The Balaban J connectivity index is 1.67. The normalized spacial score (nSPS) is 10.7. The van der Waals surface area contributed by atoms with Gasteiger partial charge in [-0.1, -0.05) is 30.3 Å². The van der Waals surface area contributed by atoms with Crippen molar-refractivity contribution in [2.24, 2.45) is 0 Å². The molecule has 3 rings (SSSR count). The molecule has 3 aromatic rings. The van der Waals surface area contributed by atoms with Gasteiger partial charge in [-0.25, -0.2) is 4.79 Å². The van der Waals surface area contributed by atoms with E-state index in [1.54, 1.807) is 16.8 Å². The van der Waals surface area contributed by atoms with Crippen LogP contribution < -0.4 is 5.32 Å². The number of benzene rings is 2. The summed E-state index contributed by atoms with van der Waals surface area (Å²) < 4.78 is 6.81. The second kappa shape index (κ2) is 9.83. The third kappa shape index (κ3) is 5.64. The van der Waals surface area contributed by atoms with Crippen LogP contribution in [0.25, 0.3) is 5.69 Å². The highest BCUT2D eigenvalue weighted by molar-refractivity contribution is 7.98. The molecular formula is C20H21N5O3S. The second-order valence-corrected chi connectivity index (χ2v) is 7.44. The van der Waals surface area contributed by atoms with Gasteiger partial charge in [0.2, 0.25) is 0 Å². The lowest BCUT2D eigenvalue weighted by Crippen LogP contribution is -2.34. The fraction of sp³-hybridized carbons (Fsp3) is 0.250. The first-order chi connectivity index (χ1) is 14.0. The van der Waals surface area contributed by atoms with Crippen molar-refractivity contribution >= 4 is 23.6 Å². The number of amides is 1. The summed E-state index contributed by atoms with van der Waals surface area (Å²) in [6.45, 7) is 3.37. The van der Waals surface area contributed by atoms with Gasteiger partial charge in [0, 0.05) is 10.9 Å². The number of hydrogen-bond acceptors (Lipinski definition) is 7. The molecule has 8 nitrogen and oxygen atoms in total. The standard InChI is InChI=1S/C20H21N5O3S/c1-14(2)21-19(26)12-28-20(27)16-10-6-7-11-17(16)29-13-18-22-23-24-25(18)15-8-4-3-5-9-15/h3-11,14H,12-13H2,1-2H3,(H,21,26). The third-order valence-electron chi connectivity index (χ3n) is 3.78. The molecule has 29 heavy (non-hydrogen) atoms. The number of carbonyl (C=O) groups is 2. The van der Waals surface area contributed by atoms with Crippen LogP contribution in [0.5, 0.6) is 0 Å². The number of hydrogen-bond donors (Lipinski definition) is 1. The van der Waals surface area contributed by atoms with Gasteiger partial charge < -0.3 is 10.1 Å². The smallest absolute Gasteiger partial charge is 0.339 e. The average molecular weight is 411 g/mol. The van der Waals surface area contributed by atoms with Crippen LogP contribution in [0.2, 0.25) is 0 Å². The molecule has 0 bridgehead atoms. The van der Waals surface area contributed by atoms with Crippen molar-refractivity contribution in [3.63, 3.8) is 0 Å². The van der Waals surface area contributed by atoms with Crippen LogP contribution >= 0.6 is 11.8 Å². The highest BCUT2D eigenvalue weighted by Crippen LogP contribution is 2.26. The predicted molar refractivity (Wildman–Crippen MR) is 109 cm³/mol. The molecule has 0 saturated carbocycles. The zero-order valence-electron chi connectivity index (χ0n) is 16.1. The Morgan fingerprint density at radius 1 is 1.10 bits per heavy atom. The van der Waals surface area contributed by atoms with Crippen LogP contribution in [-0.4, -0.2) is 44.7 Å². The van der Waals surface area contributed by atoms with Crippen LogP contribution in [0.4, 0.5) is 0 Å². The third-order valence-corrected chi connectivity index (χ3v) is 4.85. The van der Waals surface area contributed by atoms with Gasteiger partial charge in [-0.3, -0.25) is 4.79 Å². The summed E-state index contributed by atoms with van der Waals surface area (Å²) in [6, 6.07) is 16.6. The lowest BCUT2D eigenvalue weighted by molar-refractivity contribution is -0.124. The van der Waals surface area contributed by atoms with Crippen LogP contribution in [0.15, 0.2) is 59.5 Å². The Labute approximate surface area is 172 Å². The summed E-state index contributed by atoms with van der Waals surface area (Å²) in [7, 11) is 0. The van der Waals surface area contributed by atoms with Gasteiger partial charge in [0.25, 0.3) is 5.91 Å². The Kier molecular flexibility index (Phi) is 6.96. The lowest BCUT2D eigenvalue weighted by atomic mass is 10.2. The SMILES string of the molecule is CC(C)NC(=O)COC(=O)c1ccccc1SCc1nnnn1-c1ccccc1. The van der Waals surface area contributed by atoms with E-state index in [1.807, 2.05) is 56.3 Å². The van der Waals surface area contributed by atoms with Crippen molar-refractivity contribution in [2.75, 3.05) is 6.61 Å². The zero-order chi connectivity index (χ0) is 20.6. The number of nitrogens with one attached hydrogen (secondary N) is 1. The van der Waals surface area contributed by atoms with Gasteiger partial charge in [0.1, 0.15) is 0 Å². The highest BCUT2D eigenvalue weighted by atomic mass is 32.2. The summed E-state index contributed by atoms with van der Waals surface area (Å²) in [6.07, 6.45) is 0. The molecule has 1 heterocycles. The molecule has 1 aromatic heterocycles.